The van der Waals surface area contributed by atoms with Gasteiger partial charge in [-0.05, 0) is 74.8 Å². The molecule has 0 unspecified atom stereocenters. The highest BCUT2D eigenvalue weighted by atomic mass is 16.4. The second-order valence-corrected chi connectivity index (χ2v) is 9.10. The van der Waals surface area contributed by atoms with Gasteiger partial charge in [0.15, 0.2) is 0 Å². The van der Waals surface area contributed by atoms with Crippen LogP contribution in [0.3, 0.4) is 0 Å². The molecule has 4 aliphatic rings. The minimum absolute atomic E-state index is 0.141. The molecule has 6 nitrogen and oxygen atoms in total. The summed E-state index contributed by atoms with van der Waals surface area (Å²) in [5, 5.41) is 14.9. The topological polar surface area (TPSA) is 61.6 Å². The third-order valence-corrected chi connectivity index (χ3v) is 7.29. The number of benzene rings is 1. The van der Waals surface area contributed by atoms with Crippen LogP contribution in [0.2, 0.25) is 0 Å². The van der Waals surface area contributed by atoms with Crippen molar-refractivity contribution in [2.24, 2.45) is 5.41 Å². The highest BCUT2D eigenvalue weighted by Crippen LogP contribution is 2.41. The zero-order chi connectivity index (χ0) is 19.8. The molecule has 1 aromatic carbocycles. The number of hydrogen-bond acceptors (Lipinski definition) is 4. The zero-order valence-electron chi connectivity index (χ0n) is 17.0. The number of carboxylic acids is 1. The van der Waals surface area contributed by atoms with Gasteiger partial charge in [0.25, 0.3) is 0 Å². The van der Waals surface area contributed by atoms with Crippen LogP contribution in [0.5, 0.6) is 0 Å². The van der Waals surface area contributed by atoms with Gasteiger partial charge >= 0.3 is 5.97 Å². The van der Waals surface area contributed by atoms with Crippen LogP contribution in [0.15, 0.2) is 30.5 Å². The molecular formula is C23H30N4O2. The normalized spacial score (nSPS) is 28.5. The molecule has 1 N–H and O–H groups in total. The Morgan fingerprint density at radius 3 is 2.55 bits per heavy atom. The van der Waals surface area contributed by atoms with Crippen molar-refractivity contribution in [2.75, 3.05) is 39.3 Å². The van der Waals surface area contributed by atoms with E-state index in [1.807, 2.05) is 11.1 Å². The molecule has 6 heteroatoms. The maximum atomic E-state index is 10.9. The molecule has 29 heavy (non-hydrogen) atoms. The molecule has 154 valence electrons. The van der Waals surface area contributed by atoms with Gasteiger partial charge < -0.3 is 10.0 Å². The van der Waals surface area contributed by atoms with Crippen LogP contribution in [0.25, 0.3) is 17.0 Å². The van der Waals surface area contributed by atoms with E-state index >= 15 is 0 Å². The second-order valence-electron chi connectivity index (χ2n) is 9.10. The first-order chi connectivity index (χ1) is 14.1. The Bertz CT molecular complexity index is 904. The lowest BCUT2D eigenvalue weighted by atomic mass is 9.72. The maximum Gasteiger partial charge on any atom is 0.317 e. The van der Waals surface area contributed by atoms with Gasteiger partial charge in [-0.25, -0.2) is 0 Å². The van der Waals surface area contributed by atoms with E-state index in [9.17, 15) is 4.79 Å². The van der Waals surface area contributed by atoms with Crippen LogP contribution in [-0.4, -0.2) is 69.9 Å². The minimum atomic E-state index is -0.744. The summed E-state index contributed by atoms with van der Waals surface area (Å²) in [7, 11) is 0. The average Bonchev–Trinajstić information content (AvgIpc) is 3.17. The highest BCUT2D eigenvalue weighted by molar-refractivity contribution is 5.81. The van der Waals surface area contributed by atoms with E-state index in [1.54, 1.807) is 0 Å². The van der Waals surface area contributed by atoms with Gasteiger partial charge in [-0.15, -0.1) is 0 Å². The summed E-state index contributed by atoms with van der Waals surface area (Å²) in [5.41, 5.74) is 2.86. The summed E-state index contributed by atoms with van der Waals surface area (Å²) in [6.45, 7) is 5.53. The molecule has 0 spiro atoms. The summed E-state index contributed by atoms with van der Waals surface area (Å²) >= 11 is 0. The number of carbonyl (C=O) groups is 1. The fourth-order valence-corrected chi connectivity index (χ4v) is 5.36. The highest BCUT2D eigenvalue weighted by Gasteiger charge is 2.37. The van der Waals surface area contributed by atoms with Gasteiger partial charge in [-0.1, -0.05) is 18.2 Å². The van der Waals surface area contributed by atoms with Crippen LogP contribution >= 0.6 is 0 Å². The lowest BCUT2D eigenvalue weighted by Gasteiger charge is -2.47. The molecule has 1 aromatic heterocycles. The predicted octanol–water partition coefficient (Wildman–Crippen LogP) is 3.26. The molecule has 0 amide bonds. The Hall–Kier alpha value is -2.18. The van der Waals surface area contributed by atoms with Gasteiger partial charge in [-0.2, -0.15) is 5.10 Å². The molecule has 0 saturated carbocycles. The second kappa shape index (κ2) is 7.58. The van der Waals surface area contributed by atoms with Crippen molar-refractivity contribution in [3.8, 4) is 0 Å². The number of carboxylic acid groups (broad SMARTS) is 1. The third kappa shape index (κ3) is 3.83. The summed E-state index contributed by atoms with van der Waals surface area (Å²) in [6.07, 6.45) is 12.6. The maximum absolute atomic E-state index is 10.9. The molecule has 4 fully saturated rings. The number of piperidine rings is 4. The van der Waals surface area contributed by atoms with E-state index in [-0.39, 0.29) is 6.54 Å². The Labute approximate surface area is 171 Å². The number of allylic oxidation sites excluding steroid dienone is 1. The first kappa shape index (κ1) is 18.8. The average molecular weight is 395 g/mol. The molecular weight excluding hydrogens is 364 g/mol. The number of likely N-dealkylation sites (tertiary alicyclic amines) is 1. The van der Waals surface area contributed by atoms with E-state index in [1.165, 1.54) is 55.4 Å². The number of rotatable bonds is 5. The molecule has 4 saturated heterocycles. The van der Waals surface area contributed by atoms with E-state index in [4.69, 9.17) is 5.11 Å². The van der Waals surface area contributed by atoms with Crippen molar-refractivity contribution in [1.29, 1.82) is 0 Å². The zero-order valence-corrected chi connectivity index (χ0v) is 17.0. The van der Waals surface area contributed by atoms with Crippen molar-refractivity contribution >= 4 is 22.9 Å². The van der Waals surface area contributed by atoms with Crippen molar-refractivity contribution in [3.63, 3.8) is 0 Å². The van der Waals surface area contributed by atoms with Crippen LogP contribution in [-0.2, 0) is 4.79 Å². The molecule has 2 aromatic rings. The van der Waals surface area contributed by atoms with Gasteiger partial charge in [0.1, 0.15) is 0 Å². The van der Waals surface area contributed by atoms with Crippen molar-refractivity contribution < 1.29 is 9.90 Å². The summed E-state index contributed by atoms with van der Waals surface area (Å²) in [6, 6.07) is 7.02. The Morgan fingerprint density at radius 2 is 1.86 bits per heavy atom. The summed E-state index contributed by atoms with van der Waals surface area (Å²) in [4.78, 5) is 15.5. The molecule has 2 bridgehead atoms. The molecule has 6 rings (SSSR count). The molecule has 5 heterocycles. The largest absolute Gasteiger partial charge is 0.480 e. The van der Waals surface area contributed by atoms with Gasteiger partial charge in [0.05, 0.1) is 24.3 Å². The fourth-order valence-electron chi connectivity index (χ4n) is 5.36. The van der Waals surface area contributed by atoms with E-state index in [0.717, 1.165) is 25.9 Å². The van der Waals surface area contributed by atoms with Crippen LogP contribution in [0, 0.1) is 5.41 Å². The van der Waals surface area contributed by atoms with Crippen molar-refractivity contribution in [3.05, 3.63) is 36.0 Å². The van der Waals surface area contributed by atoms with Crippen molar-refractivity contribution in [1.82, 2.24) is 19.6 Å². The monoisotopic (exact) mass is 394 g/mol. The fraction of sp³-hybridized carbons (Fsp3) is 0.565. The smallest absolute Gasteiger partial charge is 0.317 e. The summed E-state index contributed by atoms with van der Waals surface area (Å²) < 4.78 is 2.15. The van der Waals surface area contributed by atoms with Crippen LogP contribution in [0.1, 0.15) is 43.7 Å². The van der Waals surface area contributed by atoms with Crippen LogP contribution in [0.4, 0.5) is 0 Å². The SMILES string of the molecule is O=C(O)CN1CCC(n2ncc3cc(C=CC45CCN(CC4)CC5)ccc32)CC1. The number of aliphatic carboxylic acids is 1. The quantitative estimate of drug-likeness (QED) is 0.843. The van der Waals surface area contributed by atoms with Crippen molar-refractivity contribution in [2.45, 2.75) is 38.1 Å². The Kier molecular flexibility index (Phi) is 4.92. The van der Waals surface area contributed by atoms with E-state index < -0.39 is 5.97 Å². The molecule has 4 aliphatic heterocycles. The van der Waals surface area contributed by atoms with E-state index in [0.29, 0.717) is 11.5 Å². The number of hydrogen-bond donors (Lipinski definition) is 1. The first-order valence-electron chi connectivity index (χ1n) is 10.9. The number of fused-ring (bicyclic) bond motifs is 4. The lowest BCUT2D eigenvalue weighted by Crippen LogP contribution is -2.47. The molecule has 0 aliphatic carbocycles. The lowest BCUT2D eigenvalue weighted by molar-refractivity contribution is -0.138. The Balaban J connectivity index is 1.29. The van der Waals surface area contributed by atoms with Gasteiger partial charge in [0, 0.05) is 18.5 Å². The first-order valence-corrected chi connectivity index (χ1v) is 10.9. The van der Waals surface area contributed by atoms with Gasteiger partial charge in [0.2, 0.25) is 0 Å². The summed E-state index contributed by atoms with van der Waals surface area (Å²) in [5.74, 6) is -0.744. The van der Waals surface area contributed by atoms with Gasteiger partial charge in [-0.3, -0.25) is 14.4 Å². The molecule has 0 radical (unpaired) electrons. The predicted molar refractivity (Wildman–Crippen MR) is 114 cm³/mol. The number of nitrogens with zero attached hydrogens (tertiary/aromatic N) is 4. The standard InChI is InChI=1S/C23H30N4O2/c28-22(29)17-26-10-4-20(5-11-26)27-21-2-1-18(15-19(21)16-24-27)3-6-23-7-12-25(13-8-23)14-9-23/h1-3,6,15-16,20H,4-5,7-14,17H2,(H,28,29). The minimum Gasteiger partial charge on any atom is -0.480 e. The Morgan fingerprint density at radius 1 is 1.14 bits per heavy atom. The number of aromatic nitrogens is 2. The van der Waals surface area contributed by atoms with E-state index in [2.05, 4.69) is 45.0 Å². The molecule has 0 atom stereocenters. The van der Waals surface area contributed by atoms with Crippen LogP contribution < -0.4 is 0 Å². The third-order valence-electron chi connectivity index (χ3n) is 7.29.